The minimum Gasteiger partial charge on any atom is -0.341 e. The summed E-state index contributed by atoms with van der Waals surface area (Å²) in [6.45, 7) is 1.33. The molecule has 24 heavy (non-hydrogen) atoms. The number of para-hydroxylation sites is 1. The number of hydrogen-bond donors (Lipinski definition) is 2. The molecule has 1 fully saturated rings. The summed E-state index contributed by atoms with van der Waals surface area (Å²) < 4.78 is 2.06. The molecule has 1 atom stereocenters. The molecule has 128 valence electrons. The third kappa shape index (κ3) is 4.18. The van der Waals surface area contributed by atoms with Crippen LogP contribution in [0.5, 0.6) is 0 Å². The molecule has 3 rings (SSSR count). The predicted octanol–water partition coefficient (Wildman–Crippen LogP) is 2.31. The maximum atomic E-state index is 12.4. The minimum absolute atomic E-state index is 0.0232. The number of nitrogens with one attached hydrogen (secondary N) is 2. The van der Waals surface area contributed by atoms with E-state index in [9.17, 15) is 9.59 Å². The fraction of sp³-hybridized carbons (Fsp3) is 0.438. The van der Waals surface area contributed by atoms with E-state index in [1.807, 2.05) is 29.2 Å². The van der Waals surface area contributed by atoms with Crippen molar-refractivity contribution in [2.45, 2.75) is 23.2 Å². The Kier molecular flexibility index (Phi) is 5.57. The average Bonchev–Trinajstić information content (AvgIpc) is 3.02. The summed E-state index contributed by atoms with van der Waals surface area (Å²) in [5, 5.41) is 5.44. The van der Waals surface area contributed by atoms with Gasteiger partial charge >= 0.3 is 6.03 Å². The molecule has 1 saturated heterocycles. The number of likely N-dealkylation sites (tertiary alicyclic amines) is 1. The highest BCUT2D eigenvalue weighted by atomic mass is 32.2. The molecule has 8 heteroatoms. The number of piperidine rings is 1. The van der Waals surface area contributed by atoms with Crippen LogP contribution >= 0.6 is 23.1 Å². The fourth-order valence-electron chi connectivity index (χ4n) is 2.71. The van der Waals surface area contributed by atoms with Crippen molar-refractivity contribution >= 4 is 45.3 Å². The monoisotopic (exact) mass is 364 g/mol. The molecule has 1 aliphatic rings. The van der Waals surface area contributed by atoms with Gasteiger partial charge in [0.25, 0.3) is 0 Å². The zero-order chi connectivity index (χ0) is 16.9. The Bertz CT molecular complexity index is 701. The molecule has 1 aliphatic heterocycles. The number of urea groups is 1. The zero-order valence-electron chi connectivity index (χ0n) is 13.4. The Morgan fingerprint density at radius 3 is 3.04 bits per heavy atom. The van der Waals surface area contributed by atoms with Crippen LogP contribution in [0.4, 0.5) is 4.79 Å². The lowest BCUT2D eigenvalue weighted by molar-refractivity contribution is -0.129. The largest absolute Gasteiger partial charge is 0.341 e. The summed E-state index contributed by atoms with van der Waals surface area (Å²) >= 11 is 3.10. The van der Waals surface area contributed by atoms with Crippen molar-refractivity contribution in [1.29, 1.82) is 0 Å². The molecule has 2 aromatic rings. The quantitative estimate of drug-likeness (QED) is 0.817. The number of nitrogens with zero attached hydrogens (tertiary/aromatic N) is 2. The van der Waals surface area contributed by atoms with Crippen LogP contribution in [0.25, 0.3) is 10.2 Å². The van der Waals surface area contributed by atoms with Gasteiger partial charge in [0.2, 0.25) is 5.91 Å². The number of thiazole rings is 1. The molecule has 2 N–H and O–H groups in total. The van der Waals surface area contributed by atoms with E-state index in [-0.39, 0.29) is 18.0 Å². The van der Waals surface area contributed by atoms with Crippen molar-refractivity contribution in [3.8, 4) is 0 Å². The molecule has 1 aromatic heterocycles. The summed E-state index contributed by atoms with van der Waals surface area (Å²) in [7, 11) is 1.59. The zero-order valence-corrected chi connectivity index (χ0v) is 15.1. The van der Waals surface area contributed by atoms with Crippen molar-refractivity contribution in [1.82, 2.24) is 20.5 Å². The van der Waals surface area contributed by atoms with Gasteiger partial charge in [0.05, 0.1) is 16.0 Å². The normalized spacial score (nSPS) is 17.7. The van der Waals surface area contributed by atoms with Gasteiger partial charge in [-0.15, -0.1) is 11.3 Å². The second-order valence-electron chi connectivity index (χ2n) is 5.64. The highest BCUT2D eigenvalue weighted by Gasteiger charge is 2.24. The highest BCUT2D eigenvalue weighted by molar-refractivity contribution is 8.01. The van der Waals surface area contributed by atoms with E-state index in [0.717, 1.165) is 33.9 Å². The Balaban J connectivity index is 1.53. The number of benzene rings is 1. The fourth-order valence-corrected chi connectivity index (χ4v) is 4.68. The molecule has 0 bridgehead atoms. The van der Waals surface area contributed by atoms with E-state index in [2.05, 4.69) is 15.6 Å². The summed E-state index contributed by atoms with van der Waals surface area (Å²) in [6, 6.07) is 7.81. The number of thioether (sulfide) groups is 1. The summed E-state index contributed by atoms with van der Waals surface area (Å²) in [6.07, 6.45) is 1.81. The van der Waals surface area contributed by atoms with Crippen LogP contribution in [0.15, 0.2) is 28.6 Å². The van der Waals surface area contributed by atoms with Crippen molar-refractivity contribution in [3.63, 3.8) is 0 Å². The van der Waals surface area contributed by atoms with E-state index in [1.165, 1.54) is 11.8 Å². The lowest BCUT2D eigenvalue weighted by Crippen LogP contribution is -2.51. The standard InChI is InChI=1S/C16H20N4O2S2/c1-17-15(22)18-11-5-4-8-20(9-11)14(21)10-23-16-19-12-6-2-3-7-13(12)24-16/h2-3,6-7,11H,4-5,8-10H2,1H3,(H2,17,18,22). The van der Waals surface area contributed by atoms with Gasteiger partial charge < -0.3 is 15.5 Å². The van der Waals surface area contributed by atoms with Crippen LogP contribution in [0, 0.1) is 0 Å². The smallest absolute Gasteiger partial charge is 0.314 e. The van der Waals surface area contributed by atoms with E-state index in [1.54, 1.807) is 18.4 Å². The van der Waals surface area contributed by atoms with Crippen molar-refractivity contribution in [2.24, 2.45) is 0 Å². The Labute approximate surface area is 149 Å². The van der Waals surface area contributed by atoms with Crippen LogP contribution in [-0.4, -0.2) is 53.8 Å². The number of hydrogen-bond acceptors (Lipinski definition) is 5. The van der Waals surface area contributed by atoms with E-state index in [4.69, 9.17) is 0 Å². The Hall–Kier alpha value is -1.80. The van der Waals surface area contributed by atoms with Gasteiger partial charge in [0, 0.05) is 26.2 Å². The van der Waals surface area contributed by atoms with Gasteiger partial charge in [-0.05, 0) is 25.0 Å². The summed E-state index contributed by atoms with van der Waals surface area (Å²) in [5.74, 6) is 0.481. The minimum atomic E-state index is -0.196. The van der Waals surface area contributed by atoms with Gasteiger partial charge in [0.15, 0.2) is 4.34 Å². The van der Waals surface area contributed by atoms with E-state index >= 15 is 0 Å². The molecular formula is C16H20N4O2S2. The molecule has 1 aromatic carbocycles. The number of aromatic nitrogens is 1. The van der Waals surface area contributed by atoms with Gasteiger partial charge in [-0.2, -0.15) is 0 Å². The summed E-state index contributed by atoms with van der Waals surface area (Å²) in [5.41, 5.74) is 0.977. The molecule has 0 aliphatic carbocycles. The highest BCUT2D eigenvalue weighted by Crippen LogP contribution is 2.29. The molecule has 1 unspecified atom stereocenters. The first-order valence-corrected chi connectivity index (χ1v) is 9.70. The van der Waals surface area contributed by atoms with Crippen LogP contribution in [-0.2, 0) is 4.79 Å². The predicted molar refractivity (Wildman–Crippen MR) is 97.5 cm³/mol. The first-order chi connectivity index (χ1) is 11.7. The maximum Gasteiger partial charge on any atom is 0.314 e. The van der Waals surface area contributed by atoms with Crippen LogP contribution in [0.3, 0.4) is 0 Å². The lowest BCUT2D eigenvalue weighted by atomic mass is 10.1. The van der Waals surface area contributed by atoms with Gasteiger partial charge in [-0.1, -0.05) is 23.9 Å². The molecule has 0 radical (unpaired) electrons. The SMILES string of the molecule is CNC(=O)NC1CCCN(C(=O)CSc2nc3ccccc3s2)C1. The lowest BCUT2D eigenvalue weighted by Gasteiger charge is -2.33. The molecule has 0 saturated carbocycles. The van der Waals surface area contributed by atoms with E-state index in [0.29, 0.717) is 12.3 Å². The number of carbonyl (C=O) groups excluding carboxylic acids is 2. The topological polar surface area (TPSA) is 74.3 Å². The third-order valence-electron chi connectivity index (χ3n) is 3.93. The first-order valence-electron chi connectivity index (χ1n) is 7.90. The third-order valence-corrected chi connectivity index (χ3v) is 6.09. The molecule has 3 amide bonds. The van der Waals surface area contributed by atoms with Crippen molar-refractivity contribution in [2.75, 3.05) is 25.9 Å². The van der Waals surface area contributed by atoms with Gasteiger partial charge in [-0.25, -0.2) is 9.78 Å². The Morgan fingerprint density at radius 2 is 2.25 bits per heavy atom. The number of amides is 3. The molecule has 0 spiro atoms. The maximum absolute atomic E-state index is 12.4. The average molecular weight is 364 g/mol. The number of carbonyl (C=O) groups is 2. The van der Waals surface area contributed by atoms with Crippen molar-refractivity contribution < 1.29 is 9.59 Å². The van der Waals surface area contributed by atoms with Crippen LogP contribution in [0.2, 0.25) is 0 Å². The second-order valence-corrected chi connectivity index (χ2v) is 7.89. The molecule has 6 nitrogen and oxygen atoms in total. The number of fused-ring (bicyclic) bond motifs is 1. The van der Waals surface area contributed by atoms with Crippen LogP contribution < -0.4 is 10.6 Å². The molecule has 2 heterocycles. The molecular weight excluding hydrogens is 344 g/mol. The van der Waals surface area contributed by atoms with E-state index < -0.39 is 0 Å². The van der Waals surface area contributed by atoms with Crippen molar-refractivity contribution in [3.05, 3.63) is 24.3 Å². The summed E-state index contributed by atoms with van der Waals surface area (Å²) in [4.78, 5) is 30.2. The van der Waals surface area contributed by atoms with Gasteiger partial charge in [-0.3, -0.25) is 4.79 Å². The van der Waals surface area contributed by atoms with Crippen LogP contribution in [0.1, 0.15) is 12.8 Å². The van der Waals surface area contributed by atoms with Gasteiger partial charge in [0.1, 0.15) is 0 Å². The Morgan fingerprint density at radius 1 is 1.42 bits per heavy atom. The second kappa shape index (κ2) is 7.85. The number of rotatable bonds is 4. The first kappa shape index (κ1) is 17.0.